The first-order chi connectivity index (χ1) is 8.53. The minimum atomic E-state index is 0.329. The summed E-state index contributed by atoms with van der Waals surface area (Å²) in [5, 5.41) is 3.85. The van der Waals surface area contributed by atoms with Crippen LogP contribution in [0.25, 0.3) is 0 Å². The van der Waals surface area contributed by atoms with Gasteiger partial charge in [-0.1, -0.05) is 33.1 Å². The number of rotatable bonds is 3. The average molecular weight is 252 g/mol. The van der Waals surface area contributed by atoms with Gasteiger partial charge in [0, 0.05) is 30.2 Å². The molecule has 2 fully saturated rings. The molecule has 0 radical (unpaired) electrons. The fraction of sp³-hybridized carbons (Fsp3) is 1.00. The minimum Gasteiger partial charge on any atom is -0.308 e. The average Bonchev–Trinajstić information content (AvgIpc) is 2.40. The Morgan fingerprint density at radius 2 is 1.67 bits per heavy atom. The molecule has 0 aromatic rings. The summed E-state index contributed by atoms with van der Waals surface area (Å²) < 4.78 is 0. The van der Waals surface area contributed by atoms with Gasteiger partial charge in [0.05, 0.1) is 0 Å². The van der Waals surface area contributed by atoms with Crippen LogP contribution in [0.5, 0.6) is 0 Å². The highest BCUT2D eigenvalue weighted by Gasteiger charge is 2.43. The van der Waals surface area contributed by atoms with Crippen LogP contribution in [-0.2, 0) is 0 Å². The van der Waals surface area contributed by atoms with Gasteiger partial charge in [-0.2, -0.15) is 0 Å². The molecule has 1 N–H and O–H groups in total. The molecule has 2 nitrogen and oxygen atoms in total. The quantitative estimate of drug-likeness (QED) is 0.826. The molecule has 2 aliphatic rings. The smallest absolute Gasteiger partial charge is 0.0304 e. The van der Waals surface area contributed by atoms with E-state index in [1.807, 2.05) is 0 Å². The van der Waals surface area contributed by atoms with Crippen molar-refractivity contribution in [3.63, 3.8) is 0 Å². The third-order valence-electron chi connectivity index (χ3n) is 5.52. The first-order valence-electron chi connectivity index (χ1n) is 8.05. The summed E-state index contributed by atoms with van der Waals surface area (Å²) in [5.41, 5.74) is 0.697. The summed E-state index contributed by atoms with van der Waals surface area (Å²) >= 11 is 0. The van der Waals surface area contributed by atoms with E-state index in [0.29, 0.717) is 11.1 Å². The lowest BCUT2D eigenvalue weighted by Gasteiger charge is -2.55. The summed E-state index contributed by atoms with van der Waals surface area (Å²) in [6.45, 7) is 11.9. The van der Waals surface area contributed by atoms with Gasteiger partial charge in [0.2, 0.25) is 0 Å². The van der Waals surface area contributed by atoms with Crippen LogP contribution in [0.15, 0.2) is 0 Å². The van der Waals surface area contributed by atoms with E-state index in [-0.39, 0.29) is 0 Å². The zero-order valence-electron chi connectivity index (χ0n) is 12.9. The number of hydrogen-bond acceptors (Lipinski definition) is 2. The molecular weight excluding hydrogens is 220 g/mol. The minimum absolute atomic E-state index is 0.329. The van der Waals surface area contributed by atoms with Gasteiger partial charge in [0.25, 0.3) is 0 Å². The van der Waals surface area contributed by atoms with E-state index >= 15 is 0 Å². The monoisotopic (exact) mass is 252 g/mol. The molecular formula is C16H32N2. The molecule has 1 aliphatic carbocycles. The Morgan fingerprint density at radius 1 is 1.06 bits per heavy atom. The lowest BCUT2D eigenvalue weighted by Crippen LogP contribution is -2.69. The molecule has 1 saturated heterocycles. The summed E-state index contributed by atoms with van der Waals surface area (Å²) in [7, 11) is 0. The second-order valence-corrected chi connectivity index (χ2v) is 7.07. The van der Waals surface area contributed by atoms with Crippen molar-refractivity contribution < 1.29 is 0 Å². The Labute approximate surface area is 114 Å². The SMILES string of the molecule is CCC1(CC)CN(C2CCCCC2)C(C)(C)CN1. The normalized spacial score (nSPS) is 29.3. The van der Waals surface area contributed by atoms with E-state index in [9.17, 15) is 0 Å². The third kappa shape index (κ3) is 2.75. The molecule has 0 amide bonds. The molecule has 0 atom stereocenters. The summed E-state index contributed by atoms with van der Waals surface area (Å²) in [5.74, 6) is 0. The summed E-state index contributed by atoms with van der Waals surface area (Å²) in [6.07, 6.45) is 9.69. The maximum Gasteiger partial charge on any atom is 0.0304 e. The molecule has 106 valence electrons. The van der Waals surface area contributed by atoms with Gasteiger partial charge in [-0.05, 0) is 39.5 Å². The fourth-order valence-electron chi connectivity index (χ4n) is 3.84. The molecule has 1 aliphatic heterocycles. The topological polar surface area (TPSA) is 15.3 Å². The van der Waals surface area contributed by atoms with Crippen LogP contribution in [0.3, 0.4) is 0 Å². The highest BCUT2D eigenvalue weighted by atomic mass is 15.3. The summed E-state index contributed by atoms with van der Waals surface area (Å²) in [6, 6.07) is 0.841. The van der Waals surface area contributed by atoms with Crippen molar-refractivity contribution in [1.29, 1.82) is 0 Å². The molecule has 0 bridgehead atoms. The second-order valence-electron chi connectivity index (χ2n) is 7.07. The van der Waals surface area contributed by atoms with Crippen LogP contribution in [0, 0.1) is 0 Å². The van der Waals surface area contributed by atoms with Crippen LogP contribution in [0.1, 0.15) is 72.6 Å². The number of piperazine rings is 1. The maximum absolute atomic E-state index is 3.85. The number of hydrogen-bond donors (Lipinski definition) is 1. The lowest BCUT2D eigenvalue weighted by atomic mass is 9.81. The van der Waals surface area contributed by atoms with Gasteiger partial charge < -0.3 is 5.32 Å². The van der Waals surface area contributed by atoms with E-state index in [2.05, 4.69) is 37.9 Å². The van der Waals surface area contributed by atoms with Gasteiger partial charge in [-0.25, -0.2) is 0 Å². The molecule has 2 rings (SSSR count). The highest BCUT2D eigenvalue weighted by molar-refractivity contribution is 5.03. The van der Waals surface area contributed by atoms with Gasteiger partial charge in [0.1, 0.15) is 0 Å². The van der Waals surface area contributed by atoms with E-state index in [4.69, 9.17) is 0 Å². The molecule has 0 aromatic carbocycles. The van der Waals surface area contributed by atoms with Crippen molar-refractivity contribution in [2.45, 2.75) is 89.8 Å². The first kappa shape index (κ1) is 14.3. The Morgan fingerprint density at radius 3 is 2.22 bits per heavy atom. The van der Waals surface area contributed by atoms with Crippen molar-refractivity contribution in [2.24, 2.45) is 0 Å². The first-order valence-corrected chi connectivity index (χ1v) is 8.05. The van der Waals surface area contributed by atoms with Crippen molar-refractivity contribution in [3.05, 3.63) is 0 Å². The van der Waals surface area contributed by atoms with Crippen LogP contribution in [-0.4, -0.2) is 35.1 Å². The predicted molar refractivity (Wildman–Crippen MR) is 79.0 cm³/mol. The molecule has 0 unspecified atom stereocenters. The highest BCUT2D eigenvalue weighted by Crippen LogP contribution is 2.34. The summed E-state index contributed by atoms with van der Waals surface area (Å²) in [4.78, 5) is 2.84. The van der Waals surface area contributed by atoms with Crippen molar-refractivity contribution in [3.8, 4) is 0 Å². The largest absolute Gasteiger partial charge is 0.308 e. The van der Waals surface area contributed by atoms with Gasteiger partial charge >= 0.3 is 0 Å². The predicted octanol–water partition coefficient (Wildman–Crippen LogP) is 3.56. The van der Waals surface area contributed by atoms with Crippen molar-refractivity contribution in [2.75, 3.05) is 13.1 Å². The molecule has 18 heavy (non-hydrogen) atoms. The Kier molecular flexibility index (Phi) is 4.38. The van der Waals surface area contributed by atoms with E-state index in [0.717, 1.165) is 12.6 Å². The molecule has 0 aromatic heterocycles. The van der Waals surface area contributed by atoms with Crippen LogP contribution >= 0.6 is 0 Å². The van der Waals surface area contributed by atoms with Crippen molar-refractivity contribution >= 4 is 0 Å². The van der Waals surface area contributed by atoms with E-state index in [1.165, 1.54) is 51.5 Å². The zero-order valence-corrected chi connectivity index (χ0v) is 12.9. The van der Waals surface area contributed by atoms with Crippen LogP contribution in [0.2, 0.25) is 0 Å². The zero-order chi connectivity index (χ0) is 13.2. The molecule has 1 saturated carbocycles. The standard InChI is InChI=1S/C16H32N2/c1-5-16(6-2)13-18(15(3,4)12-17-16)14-10-8-7-9-11-14/h14,17H,5-13H2,1-4H3. The lowest BCUT2D eigenvalue weighted by molar-refractivity contribution is -0.0214. The molecule has 0 spiro atoms. The van der Waals surface area contributed by atoms with E-state index in [1.54, 1.807) is 0 Å². The Hall–Kier alpha value is -0.0800. The second kappa shape index (κ2) is 5.50. The molecule has 1 heterocycles. The van der Waals surface area contributed by atoms with Crippen LogP contribution < -0.4 is 5.32 Å². The van der Waals surface area contributed by atoms with E-state index < -0.39 is 0 Å². The molecule has 2 heteroatoms. The fourth-order valence-corrected chi connectivity index (χ4v) is 3.84. The maximum atomic E-state index is 3.85. The third-order valence-corrected chi connectivity index (χ3v) is 5.52. The van der Waals surface area contributed by atoms with Crippen LogP contribution in [0.4, 0.5) is 0 Å². The van der Waals surface area contributed by atoms with Gasteiger partial charge in [-0.15, -0.1) is 0 Å². The van der Waals surface area contributed by atoms with Crippen molar-refractivity contribution in [1.82, 2.24) is 10.2 Å². The van der Waals surface area contributed by atoms with Gasteiger partial charge in [-0.3, -0.25) is 4.90 Å². The Balaban J connectivity index is 2.12. The number of nitrogens with zero attached hydrogens (tertiary/aromatic N) is 1. The van der Waals surface area contributed by atoms with Gasteiger partial charge in [0.15, 0.2) is 0 Å². The Bertz CT molecular complexity index is 262. The number of nitrogens with one attached hydrogen (secondary N) is 1.